The fourth-order valence-corrected chi connectivity index (χ4v) is 1.21. The summed E-state index contributed by atoms with van der Waals surface area (Å²) in [7, 11) is 0. The number of amidine groups is 1. The zero-order chi connectivity index (χ0) is 9.26. The topological polar surface area (TPSA) is 75.9 Å². The molecule has 0 atom stereocenters. The van der Waals surface area contributed by atoms with Gasteiger partial charge in [0.05, 0.1) is 5.69 Å². The first-order chi connectivity index (χ1) is 6.33. The molecule has 0 saturated carbocycles. The second-order valence-corrected chi connectivity index (χ2v) is 2.55. The van der Waals surface area contributed by atoms with E-state index in [0.29, 0.717) is 5.69 Å². The fraction of sp³-hybridized carbons (Fsp3) is 0. The van der Waals surface area contributed by atoms with Crippen molar-refractivity contribution in [2.45, 2.75) is 0 Å². The van der Waals surface area contributed by atoms with E-state index in [-0.39, 0.29) is 5.84 Å². The quantitative estimate of drug-likeness (QED) is 0.286. The number of pyridine rings is 1. The van der Waals surface area contributed by atoms with Crippen LogP contribution < -0.4 is 5.73 Å². The standard InChI is InChI=1S/C8H8N4O/c9-8(11-13)6-2-1-3-7-10-4-5-12(6)7/h1-5,13H,(H2,9,11). The molecule has 3 N–H and O–H groups in total. The molecular formula is C8H8N4O. The summed E-state index contributed by atoms with van der Waals surface area (Å²) in [5.41, 5.74) is 6.86. The number of imidazole rings is 1. The molecule has 0 saturated heterocycles. The van der Waals surface area contributed by atoms with Crippen LogP contribution in [0.2, 0.25) is 0 Å². The van der Waals surface area contributed by atoms with Crippen molar-refractivity contribution in [2.75, 3.05) is 0 Å². The van der Waals surface area contributed by atoms with Crippen LogP contribution in [0.3, 0.4) is 0 Å². The van der Waals surface area contributed by atoms with Crippen LogP contribution in [0.5, 0.6) is 0 Å². The van der Waals surface area contributed by atoms with E-state index in [4.69, 9.17) is 10.9 Å². The highest BCUT2D eigenvalue weighted by Gasteiger charge is 2.03. The lowest BCUT2D eigenvalue weighted by Crippen LogP contribution is -2.16. The molecule has 0 unspecified atom stereocenters. The van der Waals surface area contributed by atoms with Gasteiger partial charge in [-0.3, -0.25) is 4.40 Å². The SMILES string of the molecule is N/C(=N\O)c1cccc2nccn12. The number of aromatic nitrogens is 2. The van der Waals surface area contributed by atoms with E-state index in [0.717, 1.165) is 5.65 Å². The van der Waals surface area contributed by atoms with E-state index in [1.807, 2.05) is 6.07 Å². The molecule has 0 aliphatic rings. The van der Waals surface area contributed by atoms with Crippen LogP contribution in [-0.4, -0.2) is 20.4 Å². The first-order valence-electron chi connectivity index (χ1n) is 3.73. The molecule has 0 radical (unpaired) electrons. The van der Waals surface area contributed by atoms with Crippen molar-refractivity contribution >= 4 is 11.5 Å². The van der Waals surface area contributed by atoms with Crippen LogP contribution >= 0.6 is 0 Å². The molecule has 0 fully saturated rings. The van der Waals surface area contributed by atoms with Gasteiger partial charge >= 0.3 is 0 Å². The van der Waals surface area contributed by atoms with Gasteiger partial charge in [0.2, 0.25) is 0 Å². The Morgan fingerprint density at radius 3 is 3.15 bits per heavy atom. The highest BCUT2D eigenvalue weighted by atomic mass is 16.4. The minimum absolute atomic E-state index is 0.0728. The second-order valence-electron chi connectivity index (χ2n) is 2.55. The van der Waals surface area contributed by atoms with Gasteiger partial charge in [0.25, 0.3) is 0 Å². The van der Waals surface area contributed by atoms with E-state index >= 15 is 0 Å². The molecular weight excluding hydrogens is 168 g/mol. The minimum Gasteiger partial charge on any atom is -0.409 e. The first-order valence-corrected chi connectivity index (χ1v) is 3.73. The van der Waals surface area contributed by atoms with Crippen LogP contribution in [-0.2, 0) is 0 Å². The molecule has 5 heteroatoms. The van der Waals surface area contributed by atoms with E-state index in [1.54, 1.807) is 28.9 Å². The van der Waals surface area contributed by atoms with Gasteiger partial charge in [-0.2, -0.15) is 0 Å². The largest absolute Gasteiger partial charge is 0.409 e. The Bertz CT molecular complexity index is 460. The molecule has 0 bridgehead atoms. The zero-order valence-corrected chi connectivity index (χ0v) is 6.75. The number of nitrogens with two attached hydrogens (primary N) is 1. The molecule has 0 aliphatic heterocycles. The van der Waals surface area contributed by atoms with Crippen molar-refractivity contribution in [3.05, 3.63) is 36.3 Å². The molecule has 0 amide bonds. The summed E-state index contributed by atoms with van der Waals surface area (Å²) in [6, 6.07) is 5.40. The summed E-state index contributed by atoms with van der Waals surface area (Å²) in [4.78, 5) is 4.07. The fourth-order valence-electron chi connectivity index (χ4n) is 1.21. The maximum Gasteiger partial charge on any atom is 0.187 e. The summed E-state index contributed by atoms with van der Waals surface area (Å²) in [5.74, 6) is 0.0728. The highest BCUT2D eigenvalue weighted by molar-refractivity contribution is 5.96. The third kappa shape index (κ3) is 1.10. The number of hydrogen-bond donors (Lipinski definition) is 2. The molecule has 0 aliphatic carbocycles. The van der Waals surface area contributed by atoms with Crippen LogP contribution in [0.4, 0.5) is 0 Å². The van der Waals surface area contributed by atoms with E-state index in [9.17, 15) is 0 Å². The Hall–Kier alpha value is -2.04. The normalized spacial score (nSPS) is 12.2. The lowest BCUT2D eigenvalue weighted by molar-refractivity contribution is 0.318. The zero-order valence-electron chi connectivity index (χ0n) is 6.75. The lowest BCUT2D eigenvalue weighted by Gasteiger charge is -2.01. The van der Waals surface area contributed by atoms with Gasteiger partial charge in [0, 0.05) is 12.4 Å². The molecule has 66 valence electrons. The van der Waals surface area contributed by atoms with Crippen LogP contribution in [0.25, 0.3) is 5.65 Å². The molecule has 0 spiro atoms. The van der Waals surface area contributed by atoms with Crippen molar-refractivity contribution in [1.82, 2.24) is 9.38 Å². The third-order valence-corrected chi connectivity index (χ3v) is 1.80. The van der Waals surface area contributed by atoms with Gasteiger partial charge in [-0.15, -0.1) is 0 Å². The minimum atomic E-state index is 0.0728. The Morgan fingerprint density at radius 2 is 2.38 bits per heavy atom. The van der Waals surface area contributed by atoms with Gasteiger partial charge in [0.1, 0.15) is 5.65 Å². The van der Waals surface area contributed by atoms with E-state index in [2.05, 4.69) is 10.1 Å². The Balaban J connectivity index is 2.75. The van der Waals surface area contributed by atoms with Crippen molar-refractivity contribution in [1.29, 1.82) is 0 Å². The van der Waals surface area contributed by atoms with Crippen molar-refractivity contribution in [3.8, 4) is 0 Å². The molecule has 2 aromatic rings. The van der Waals surface area contributed by atoms with Crippen LogP contribution in [0, 0.1) is 0 Å². The molecule has 2 heterocycles. The summed E-state index contributed by atoms with van der Waals surface area (Å²) in [5, 5.41) is 11.4. The summed E-state index contributed by atoms with van der Waals surface area (Å²) in [6.45, 7) is 0. The van der Waals surface area contributed by atoms with Crippen molar-refractivity contribution < 1.29 is 5.21 Å². The monoisotopic (exact) mass is 176 g/mol. The average molecular weight is 176 g/mol. The Labute approximate surface area is 74.1 Å². The number of hydrogen-bond acceptors (Lipinski definition) is 3. The van der Waals surface area contributed by atoms with Gasteiger partial charge in [-0.1, -0.05) is 11.2 Å². The Kier molecular flexibility index (Phi) is 1.63. The maximum atomic E-state index is 8.51. The molecule has 13 heavy (non-hydrogen) atoms. The average Bonchev–Trinajstić information content (AvgIpc) is 2.63. The molecule has 2 rings (SSSR count). The first kappa shape index (κ1) is 7.60. The molecule has 5 nitrogen and oxygen atoms in total. The molecule has 2 aromatic heterocycles. The van der Waals surface area contributed by atoms with Gasteiger partial charge < -0.3 is 10.9 Å². The summed E-state index contributed by atoms with van der Waals surface area (Å²) >= 11 is 0. The van der Waals surface area contributed by atoms with E-state index < -0.39 is 0 Å². The smallest absolute Gasteiger partial charge is 0.187 e. The number of oxime groups is 1. The maximum absolute atomic E-state index is 8.51. The van der Waals surface area contributed by atoms with Crippen molar-refractivity contribution in [2.24, 2.45) is 10.9 Å². The predicted molar refractivity (Wildman–Crippen MR) is 47.7 cm³/mol. The lowest BCUT2D eigenvalue weighted by atomic mass is 10.3. The summed E-state index contributed by atoms with van der Waals surface area (Å²) in [6.07, 6.45) is 3.41. The summed E-state index contributed by atoms with van der Waals surface area (Å²) < 4.78 is 1.75. The number of nitrogens with zero attached hydrogens (tertiary/aromatic N) is 3. The van der Waals surface area contributed by atoms with Gasteiger partial charge in [0.15, 0.2) is 5.84 Å². The number of rotatable bonds is 1. The predicted octanol–water partition coefficient (Wildman–Crippen LogP) is 0.429. The second kappa shape index (κ2) is 2.78. The van der Waals surface area contributed by atoms with Crippen LogP contribution in [0.1, 0.15) is 5.69 Å². The van der Waals surface area contributed by atoms with E-state index in [1.165, 1.54) is 0 Å². The number of fused-ring (bicyclic) bond motifs is 1. The van der Waals surface area contributed by atoms with Gasteiger partial charge in [-0.05, 0) is 12.1 Å². The van der Waals surface area contributed by atoms with Crippen molar-refractivity contribution in [3.63, 3.8) is 0 Å². The molecule has 0 aromatic carbocycles. The highest BCUT2D eigenvalue weighted by Crippen LogP contribution is 2.04. The van der Waals surface area contributed by atoms with Crippen LogP contribution in [0.15, 0.2) is 35.7 Å². The third-order valence-electron chi connectivity index (χ3n) is 1.80. The Morgan fingerprint density at radius 1 is 1.54 bits per heavy atom. The van der Waals surface area contributed by atoms with Gasteiger partial charge in [-0.25, -0.2) is 4.98 Å².